The zero-order chi connectivity index (χ0) is 17.7. The van der Waals surface area contributed by atoms with Gasteiger partial charge in [-0.15, -0.1) is 0 Å². The highest BCUT2D eigenvalue weighted by molar-refractivity contribution is 7.89. The fourth-order valence-corrected chi connectivity index (χ4v) is 3.55. The molecule has 0 saturated heterocycles. The lowest BCUT2D eigenvalue weighted by molar-refractivity contribution is 0.0955. The van der Waals surface area contributed by atoms with E-state index in [2.05, 4.69) is 5.32 Å². The summed E-state index contributed by atoms with van der Waals surface area (Å²) in [6.45, 7) is 4.37. The van der Waals surface area contributed by atoms with Crippen molar-refractivity contribution in [3.05, 3.63) is 65.2 Å². The number of carbonyl (C=O) groups is 1. The molecule has 0 aliphatic rings. The molecule has 0 unspecified atom stereocenters. The van der Waals surface area contributed by atoms with Gasteiger partial charge in [0.25, 0.3) is 5.91 Å². The van der Waals surface area contributed by atoms with Crippen molar-refractivity contribution in [1.82, 2.24) is 9.62 Å². The molecular weight excluding hydrogens is 324 g/mol. The standard InChI is InChI=1S/C18H22N2O3S/c1-4-19-18(21)17-12-16(11-10-14(17)2)24(22,23)20(3)13-15-8-6-5-7-9-15/h5-12H,4,13H2,1-3H3,(H,19,21). The molecule has 5 nitrogen and oxygen atoms in total. The minimum absolute atomic E-state index is 0.118. The number of hydrogen-bond acceptors (Lipinski definition) is 3. The number of aryl methyl sites for hydroxylation is 1. The number of nitrogens with zero attached hydrogens (tertiary/aromatic N) is 1. The lowest BCUT2D eigenvalue weighted by Crippen LogP contribution is -2.28. The quantitative estimate of drug-likeness (QED) is 0.874. The van der Waals surface area contributed by atoms with E-state index < -0.39 is 10.0 Å². The molecule has 2 aromatic carbocycles. The van der Waals surface area contributed by atoms with Crippen molar-refractivity contribution in [2.45, 2.75) is 25.3 Å². The van der Waals surface area contributed by atoms with Crippen LogP contribution in [0.4, 0.5) is 0 Å². The Balaban J connectivity index is 2.32. The summed E-state index contributed by atoms with van der Waals surface area (Å²) in [5.74, 6) is -0.266. The first-order valence-electron chi connectivity index (χ1n) is 7.75. The largest absolute Gasteiger partial charge is 0.352 e. The molecule has 1 N–H and O–H groups in total. The average molecular weight is 346 g/mol. The second-order valence-corrected chi connectivity index (χ2v) is 7.63. The second kappa shape index (κ2) is 7.59. The average Bonchev–Trinajstić information content (AvgIpc) is 2.56. The Labute approximate surface area is 143 Å². The molecule has 0 atom stereocenters. The van der Waals surface area contributed by atoms with Gasteiger partial charge in [-0.25, -0.2) is 8.42 Å². The summed E-state index contributed by atoms with van der Waals surface area (Å²) in [7, 11) is -2.14. The van der Waals surface area contributed by atoms with Gasteiger partial charge in [0.2, 0.25) is 10.0 Å². The van der Waals surface area contributed by atoms with Crippen molar-refractivity contribution >= 4 is 15.9 Å². The summed E-state index contributed by atoms with van der Waals surface area (Å²) in [4.78, 5) is 12.2. The molecule has 0 saturated carbocycles. The third-order valence-electron chi connectivity index (χ3n) is 3.75. The molecule has 0 heterocycles. The number of carbonyl (C=O) groups excluding carboxylic acids is 1. The Hall–Kier alpha value is -2.18. The fraction of sp³-hybridized carbons (Fsp3) is 0.278. The molecule has 0 aromatic heterocycles. The van der Waals surface area contributed by atoms with Gasteiger partial charge in [-0.2, -0.15) is 4.31 Å². The van der Waals surface area contributed by atoms with Crippen LogP contribution in [0.15, 0.2) is 53.4 Å². The Bertz CT molecular complexity index is 817. The molecule has 6 heteroatoms. The Morgan fingerprint density at radius 1 is 1.12 bits per heavy atom. The monoisotopic (exact) mass is 346 g/mol. The third-order valence-corrected chi connectivity index (χ3v) is 5.55. The van der Waals surface area contributed by atoms with Gasteiger partial charge in [-0.3, -0.25) is 4.79 Å². The van der Waals surface area contributed by atoms with Gasteiger partial charge in [-0.1, -0.05) is 36.4 Å². The maximum absolute atomic E-state index is 12.8. The number of hydrogen-bond donors (Lipinski definition) is 1. The summed E-state index contributed by atoms with van der Waals surface area (Å²) >= 11 is 0. The molecule has 1 amide bonds. The van der Waals surface area contributed by atoms with E-state index in [0.29, 0.717) is 12.1 Å². The highest BCUT2D eigenvalue weighted by Gasteiger charge is 2.22. The SMILES string of the molecule is CCNC(=O)c1cc(S(=O)(=O)N(C)Cc2ccccc2)ccc1C. The van der Waals surface area contributed by atoms with Crippen LogP contribution in [0.3, 0.4) is 0 Å². The number of sulfonamides is 1. The number of benzene rings is 2. The van der Waals surface area contributed by atoms with Crippen molar-refractivity contribution in [3.63, 3.8) is 0 Å². The van der Waals surface area contributed by atoms with Crippen LogP contribution in [-0.2, 0) is 16.6 Å². The predicted octanol–water partition coefficient (Wildman–Crippen LogP) is 2.57. The number of amides is 1. The van der Waals surface area contributed by atoms with Crippen molar-refractivity contribution in [1.29, 1.82) is 0 Å². The normalized spacial score (nSPS) is 11.5. The van der Waals surface area contributed by atoms with Gasteiger partial charge >= 0.3 is 0 Å². The lowest BCUT2D eigenvalue weighted by atomic mass is 10.1. The van der Waals surface area contributed by atoms with Gasteiger partial charge in [0.15, 0.2) is 0 Å². The first kappa shape index (κ1) is 18.2. The van der Waals surface area contributed by atoms with E-state index in [1.54, 1.807) is 13.0 Å². The van der Waals surface area contributed by atoms with E-state index >= 15 is 0 Å². The zero-order valence-corrected chi connectivity index (χ0v) is 14.9. The van der Waals surface area contributed by atoms with Gasteiger partial charge in [-0.05, 0) is 37.1 Å². The Kier molecular flexibility index (Phi) is 5.75. The molecular formula is C18H22N2O3S. The van der Waals surface area contributed by atoms with Crippen LogP contribution in [0.25, 0.3) is 0 Å². The molecule has 0 fully saturated rings. The van der Waals surface area contributed by atoms with Gasteiger partial charge in [0, 0.05) is 25.7 Å². The van der Waals surface area contributed by atoms with Crippen LogP contribution in [-0.4, -0.2) is 32.2 Å². The summed E-state index contributed by atoms with van der Waals surface area (Å²) in [6.07, 6.45) is 0. The minimum Gasteiger partial charge on any atom is -0.352 e. The van der Waals surface area contributed by atoms with Gasteiger partial charge in [0.05, 0.1) is 4.90 Å². The van der Waals surface area contributed by atoms with Crippen LogP contribution in [0.2, 0.25) is 0 Å². The molecule has 0 aliphatic carbocycles. The molecule has 2 rings (SSSR count). The lowest BCUT2D eigenvalue weighted by Gasteiger charge is -2.18. The topological polar surface area (TPSA) is 66.5 Å². The maximum Gasteiger partial charge on any atom is 0.251 e. The van der Waals surface area contributed by atoms with E-state index in [9.17, 15) is 13.2 Å². The first-order chi connectivity index (χ1) is 11.4. The third kappa shape index (κ3) is 4.01. The predicted molar refractivity (Wildman–Crippen MR) is 94.3 cm³/mol. The van der Waals surface area contributed by atoms with Crippen molar-refractivity contribution in [2.75, 3.05) is 13.6 Å². The number of nitrogens with one attached hydrogen (secondary N) is 1. The van der Waals surface area contributed by atoms with Crippen LogP contribution in [0, 0.1) is 6.92 Å². The van der Waals surface area contributed by atoms with E-state index in [1.165, 1.54) is 23.5 Å². The van der Waals surface area contributed by atoms with E-state index in [-0.39, 0.29) is 17.3 Å². The van der Waals surface area contributed by atoms with Crippen molar-refractivity contribution in [2.24, 2.45) is 0 Å². The van der Waals surface area contributed by atoms with E-state index in [4.69, 9.17) is 0 Å². The van der Waals surface area contributed by atoms with Crippen LogP contribution < -0.4 is 5.32 Å². The fourth-order valence-electron chi connectivity index (χ4n) is 2.37. The van der Waals surface area contributed by atoms with Crippen molar-refractivity contribution < 1.29 is 13.2 Å². The molecule has 0 radical (unpaired) electrons. The second-order valence-electron chi connectivity index (χ2n) is 5.58. The Morgan fingerprint density at radius 3 is 2.42 bits per heavy atom. The zero-order valence-electron chi connectivity index (χ0n) is 14.1. The molecule has 24 heavy (non-hydrogen) atoms. The smallest absolute Gasteiger partial charge is 0.251 e. The van der Waals surface area contributed by atoms with Crippen LogP contribution in [0.5, 0.6) is 0 Å². The molecule has 0 aliphatic heterocycles. The number of rotatable bonds is 6. The van der Waals surface area contributed by atoms with Crippen molar-refractivity contribution in [3.8, 4) is 0 Å². The summed E-state index contributed by atoms with van der Waals surface area (Å²) in [5.41, 5.74) is 2.02. The van der Waals surface area contributed by atoms with Gasteiger partial charge < -0.3 is 5.32 Å². The summed E-state index contributed by atoms with van der Waals surface area (Å²) < 4.78 is 26.8. The van der Waals surface area contributed by atoms with Crippen LogP contribution >= 0.6 is 0 Å². The van der Waals surface area contributed by atoms with Crippen LogP contribution in [0.1, 0.15) is 28.4 Å². The molecule has 0 spiro atoms. The maximum atomic E-state index is 12.8. The first-order valence-corrected chi connectivity index (χ1v) is 9.19. The molecule has 128 valence electrons. The molecule has 0 bridgehead atoms. The van der Waals surface area contributed by atoms with E-state index in [1.807, 2.05) is 37.3 Å². The summed E-state index contributed by atoms with van der Waals surface area (Å²) in [6, 6.07) is 14.0. The highest BCUT2D eigenvalue weighted by Crippen LogP contribution is 2.20. The Morgan fingerprint density at radius 2 is 1.79 bits per heavy atom. The highest BCUT2D eigenvalue weighted by atomic mass is 32.2. The van der Waals surface area contributed by atoms with Gasteiger partial charge in [0.1, 0.15) is 0 Å². The van der Waals surface area contributed by atoms with E-state index in [0.717, 1.165) is 11.1 Å². The molecule has 2 aromatic rings. The minimum atomic E-state index is -3.67. The summed E-state index contributed by atoms with van der Waals surface area (Å²) in [5, 5.41) is 2.70.